The van der Waals surface area contributed by atoms with Gasteiger partial charge in [0.05, 0.1) is 0 Å². The number of halogens is 1. The molecule has 0 amide bonds. The van der Waals surface area contributed by atoms with Crippen LogP contribution in [0.1, 0.15) is 25.3 Å². The fraction of sp³-hybridized carbons (Fsp3) is 0.417. The fourth-order valence-electron chi connectivity index (χ4n) is 1.69. The molecule has 2 N–H and O–H groups in total. The minimum absolute atomic E-state index is 0.330. The molecule has 1 saturated carbocycles. The number of carbonyl (C=O) groups is 1. The van der Waals surface area contributed by atoms with Crippen molar-refractivity contribution in [2.24, 2.45) is 0 Å². The highest BCUT2D eigenvalue weighted by Gasteiger charge is 2.39. The summed E-state index contributed by atoms with van der Waals surface area (Å²) < 4.78 is 0. The van der Waals surface area contributed by atoms with Gasteiger partial charge in [-0.1, -0.05) is 23.7 Å². The number of hydrogen-bond donors (Lipinski definition) is 2. The number of aliphatic carboxylic acids is 1. The molecule has 3 nitrogen and oxygen atoms in total. The van der Waals surface area contributed by atoms with Gasteiger partial charge in [-0.05, 0) is 37.5 Å². The van der Waals surface area contributed by atoms with Gasteiger partial charge in [0.25, 0.3) is 0 Å². The first-order valence-electron chi connectivity index (χ1n) is 5.29. The van der Waals surface area contributed by atoms with Crippen LogP contribution in [0.5, 0.6) is 0 Å². The molecule has 0 heterocycles. The van der Waals surface area contributed by atoms with Crippen molar-refractivity contribution in [3.63, 3.8) is 0 Å². The Hall–Kier alpha value is -1.06. The van der Waals surface area contributed by atoms with Gasteiger partial charge in [0.15, 0.2) is 0 Å². The summed E-state index contributed by atoms with van der Waals surface area (Å²) in [4.78, 5) is 11.4. The zero-order valence-electron chi connectivity index (χ0n) is 9.03. The lowest BCUT2D eigenvalue weighted by atomic mass is 9.92. The highest BCUT2D eigenvalue weighted by molar-refractivity contribution is 6.30. The van der Waals surface area contributed by atoms with Crippen molar-refractivity contribution in [2.75, 3.05) is 0 Å². The summed E-state index contributed by atoms with van der Waals surface area (Å²) in [7, 11) is 0. The third-order valence-corrected chi connectivity index (χ3v) is 3.17. The van der Waals surface area contributed by atoms with Crippen LogP contribution in [0.15, 0.2) is 24.3 Å². The Labute approximate surface area is 99.4 Å². The number of carboxylic acids is 1. The SMILES string of the molecule is CC(NC1CC1)(C(=O)O)c1ccc(Cl)cc1. The Morgan fingerprint density at radius 3 is 2.44 bits per heavy atom. The summed E-state index contributed by atoms with van der Waals surface area (Å²) in [5.41, 5.74) is -0.289. The fourth-order valence-corrected chi connectivity index (χ4v) is 1.81. The molecule has 0 spiro atoms. The van der Waals surface area contributed by atoms with Gasteiger partial charge in [-0.2, -0.15) is 0 Å². The van der Waals surface area contributed by atoms with Crippen LogP contribution in [0.3, 0.4) is 0 Å². The molecule has 16 heavy (non-hydrogen) atoms. The molecular formula is C12H14ClNO2. The molecule has 0 aromatic heterocycles. The lowest BCUT2D eigenvalue weighted by molar-refractivity contribution is -0.144. The zero-order valence-corrected chi connectivity index (χ0v) is 9.79. The zero-order chi connectivity index (χ0) is 11.8. The van der Waals surface area contributed by atoms with E-state index in [1.165, 1.54) is 0 Å². The second-order valence-electron chi connectivity index (χ2n) is 4.36. The van der Waals surface area contributed by atoms with Crippen LogP contribution in [-0.2, 0) is 10.3 Å². The van der Waals surface area contributed by atoms with E-state index in [-0.39, 0.29) is 0 Å². The molecule has 2 rings (SSSR count). The van der Waals surface area contributed by atoms with E-state index in [2.05, 4.69) is 5.32 Å². The van der Waals surface area contributed by atoms with Crippen molar-refractivity contribution in [1.29, 1.82) is 0 Å². The number of carboxylic acid groups (broad SMARTS) is 1. The van der Waals surface area contributed by atoms with Crippen LogP contribution in [-0.4, -0.2) is 17.1 Å². The highest BCUT2D eigenvalue weighted by atomic mass is 35.5. The van der Waals surface area contributed by atoms with Crippen molar-refractivity contribution in [3.8, 4) is 0 Å². The molecule has 1 aromatic carbocycles. The van der Waals surface area contributed by atoms with Crippen molar-refractivity contribution in [3.05, 3.63) is 34.9 Å². The molecule has 1 aliphatic rings. The van der Waals surface area contributed by atoms with E-state index in [4.69, 9.17) is 11.6 Å². The van der Waals surface area contributed by atoms with Crippen LogP contribution < -0.4 is 5.32 Å². The molecule has 4 heteroatoms. The number of benzene rings is 1. The molecule has 1 fully saturated rings. The maximum absolute atomic E-state index is 11.4. The molecule has 86 valence electrons. The molecule has 1 aromatic rings. The first-order chi connectivity index (χ1) is 7.52. The van der Waals surface area contributed by atoms with Gasteiger partial charge < -0.3 is 5.11 Å². The Kier molecular flexibility index (Phi) is 2.91. The largest absolute Gasteiger partial charge is 0.480 e. The van der Waals surface area contributed by atoms with E-state index >= 15 is 0 Å². The van der Waals surface area contributed by atoms with Gasteiger partial charge in [-0.25, -0.2) is 4.79 Å². The topological polar surface area (TPSA) is 49.3 Å². The van der Waals surface area contributed by atoms with Gasteiger partial charge in [0.2, 0.25) is 0 Å². The predicted molar refractivity (Wildman–Crippen MR) is 62.6 cm³/mol. The molecular weight excluding hydrogens is 226 g/mol. The summed E-state index contributed by atoms with van der Waals surface area (Å²) in [6.45, 7) is 1.69. The maximum Gasteiger partial charge on any atom is 0.328 e. The van der Waals surface area contributed by atoms with E-state index in [1.54, 1.807) is 31.2 Å². The van der Waals surface area contributed by atoms with E-state index < -0.39 is 11.5 Å². The van der Waals surface area contributed by atoms with E-state index in [1.807, 2.05) is 0 Å². The second kappa shape index (κ2) is 4.07. The number of nitrogens with one attached hydrogen (secondary N) is 1. The van der Waals surface area contributed by atoms with E-state index in [0.29, 0.717) is 11.1 Å². The Morgan fingerprint density at radius 1 is 1.44 bits per heavy atom. The molecule has 0 aliphatic heterocycles. The summed E-state index contributed by atoms with van der Waals surface area (Å²) in [6.07, 6.45) is 2.10. The van der Waals surface area contributed by atoms with Crippen molar-refractivity contribution >= 4 is 17.6 Å². The average Bonchev–Trinajstić information content (AvgIpc) is 3.02. The lowest BCUT2D eigenvalue weighted by Crippen LogP contribution is -2.47. The van der Waals surface area contributed by atoms with E-state index in [0.717, 1.165) is 18.4 Å². The summed E-state index contributed by atoms with van der Waals surface area (Å²) in [5, 5.41) is 13.1. The average molecular weight is 240 g/mol. The standard InChI is InChI=1S/C12H14ClNO2/c1-12(11(15)16,14-10-6-7-10)8-2-4-9(13)5-3-8/h2-5,10,14H,6-7H2,1H3,(H,15,16). The van der Waals surface area contributed by atoms with Gasteiger partial charge in [-0.3, -0.25) is 5.32 Å². The van der Waals surface area contributed by atoms with Crippen LogP contribution in [0.25, 0.3) is 0 Å². The molecule has 0 radical (unpaired) electrons. The van der Waals surface area contributed by atoms with E-state index in [9.17, 15) is 9.90 Å². The molecule has 0 bridgehead atoms. The van der Waals surface area contributed by atoms with Crippen molar-refractivity contribution in [2.45, 2.75) is 31.3 Å². The monoisotopic (exact) mass is 239 g/mol. The summed E-state index contributed by atoms with van der Waals surface area (Å²) >= 11 is 5.79. The normalized spacial score (nSPS) is 19.1. The first kappa shape index (κ1) is 11.4. The van der Waals surface area contributed by atoms with Crippen LogP contribution >= 0.6 is 11.6 Å². The number of hydrogen-bond acceptors (Lipinski definition) is 2. The predicted octanol–water partition coefficient (Wildman–Crippen LogP) is 2.39. The van der Waals surface area contributed by atoms with Crippen molar-refractivity contribution in [1.82, 2.24) is 5.32 Å². The number of rotatable bonds is 4. The lowest BCUT2D eigenvalue weighted by Gasteiger charge is -2.27. The van der Waals surface area contributed by atoms with Gasteiger partial charge >= 0.3 is 5.97 Å². The minimum Gasteiger partial charge on any atom is -0.480 e. The highest BCUT2D eigenvalue weighted by Crippen LogP contribution is 2.29. The van der Waals surface area contributed by atoms with Gasteiger partial charge in [0.1, 0.15) is 5.54 Å². The second-order valence-corrected chi connectivity index (χ2v) is 4.79. The molecule has 1 atom stereocenters. The van der Waals surface area contributed by atoms with Crippen LogP contribution in [0.4, 0.5) is 0 Å². The van der Waals surface area contributed by atoms with Crippen molar-refractivity contribution < 1.29 is 9.90 Å². The van der Waals surface area contributed by atoms with Gasteiger partial charge in [-0.15, -0.1) is 0 Å². The summed E-state index contributed by atoms with van der Waals surface area (Å²) in [5.74, 6) is -0.860. The molecule has 1 aliphatic carbocycles. The maximum atomic E-state index is 11.4. The van der Waals surface area contributed by atoms with Crippen LogP contribution in [0, 0.1) is 0 Å². The van der Waals surface area contributed by atoms with Gasteiger partial charge in [0, 0.05) is 11.1 Å². The third kappa shape index (κ3) is 2.20. The quantitative estimate of drug-likeness (QED) is 0.848. The van der Waals surface area contributed by atoms with Crippen LogP contribution in [0.2, 0.25) is 5.02 Å². The Balaban J connectivity index is 2.30. The molecule has 0 saturated heterocycles. The summed E-state index contributed by atoms with van der Waals surface area (Å²) in [6, 6.07) is 7.27. The third-order valence-electron chi connectivity index (χ3n) is 2.92. The molecule has 1 unspecified atom stereocenters. The first-order valence-corrected chi connectivity index (χ1v) is 5.67. The minimum atomic E-state index is -1.02. The Bertz CT molecular complexity index is 400. The smallest absolute Gasteiger partial charge is 0.328 e. The Morgan fingerprint density at radius 2 is 2.00 bits per heavy atom.